The lowest BCUT2D eigenvalue weighted by Gasteiger charge is -2.09. The molecule has 0 saturated heterocycles. The highest BCUT2D eigenvalue weighted by Crippen LogP contribution is 2.32. The van der Waals surface area contributed by atoms with E-state index < -0.39 is 0 Å². The van der Waals surface area contributed by atoms with E-state index in [0.717, 1.165) is 11.1 Å². The van der Waals surface area contributed by atoms with Gasteiger partial charge >= 0.3 is 0 Å². The molecule has 0 atom stereocenters. The van der Waals surface area contributed by atoms with E-state index in [-0.39, 0.29) is 18.6 Å². The molecule has 1 aliphatic rings. The Balaban J connectivity index is 1.38. The molecule has 1 aliphatic heterocycles. The fourth-order valence-corrected chi connectivity index (χ4v) is 2.99. The smallest absolute Gasteiger partial charge is 0.255 e. The van der Waals surface area contributed by atoms with E-state index in [1.807, 2.05) is 43.3 Å². The van der Waals surface area contributed by atoms with Gasteiger partial charge in [0.2, 0.25) is 6.79 Å². The Morgan fingerprint density at radius 2 is 1.62 bits per heavy atom. The molecule has 0 aromatic heterocycles. The zero-order valence-electron chi connectivity index (χ0n) is 15.9. The summed E-state index contributed by atoms with van der Waals surface area (Å²) in [4.78, 5) is 24.8. The van der Waals surface area contributed by atoms with Crippen molar-refractivity contribution in [3.63, 3.8) is 0 Å². The lowest BCUT2D eigenvalue weighted by Crippen LogP contribution is -2.22. The first-order valence-corrected chi connectivity index (χ1v) is 9.23. The first-order valence-electron chi connectivity index (χ1n) is 9.23. The van der Waals surface area contributed by atoms with Crippen molar-refractivity contribution in [2.45, 2.75) is 13.5 Å². The summed E-state index contributed by atoms with van der Waals surface area (Å²) >= 11 is 0. The van der Waals surface area contributed by atoms with Crippen LogP contribution in [0.4, 0.5) is 5.69 Å². The number of fused-ring (bicyclic) bond motifs is 1. The van der Waals surface area contributed by atoms with Gasteiger partial charge in [0.15, 0.2) is 11.5 Å². The summed E-state index contributed by atoms with van der Waals surface area (Å²) in [5, 5.41) is 5.76. The van der Waals surface area contributed by atoms with Gasteiger partial charge in [0.25, 0.3) is 11.8 Å². The van der Waals surface area contributed by atoms with E-state index >= 15 is 0 Å². The van der Waals surface area contributed by atoms with Crippen LogP contribution in [0.3, 0.4) is 0 Å². The lowest BCUT2D eigenvalue weighted by molar-refractivity contribution is 0.0949. The highest BCUT2D eigenvalue weighted by atomic mass is 16.7. The molecule has 1 heterocycles. The van der Waals surface area contributed by atoms with Gasteiger partial charge in [-0.05, 0) is 55.0 Å². The number of carbonyl (C=O) groups is 2. The Morgan fingerprint density at radius 3 is 2.45 bits per heavy atom. The van der Waals surface area contributed by atoms with Crippen molar-refractivity contribution in [1.29, 1.82) is 0 Å². The second kappa shape index (κ2) is 8.06. The molecule has 0 aliphatic carbocycles. The minimum atomic E-state index is -0.211. The molecular weight excluding hydrogens is 368 g/mol. The first kappa shape index (κ1) is 18.6. The molecule has 6 heteroatoms. The van der Waals surface area contributed by atoms with Crippen LogP contribution in [0.15, 0.2) is 66.7 Å². The first-order chi connectivity index (χ1) is 14.1. The summed E-state index contributed by atoms with van der Waals surface area (Å²) in [5.41, 5.74) is 3.74. The number of hydrogen-bond acceptors (Lipinski definition) is 4. The summed E-state index contributed by atoms with van der Waals surface area (Å²) < 4.78 is 10.6. The van der Waals surface area contributed by atoms with Crippen molar-refractivity contribution in [2.24, 2.45) is 0 Å². The molecule has 146 valence electrons. The number of anilines is 1. The summed E-state index contributed by atoms with van der Waals surface area (Å²) in [6.07, 6.45) is 0. The number of amides is 2. The summed E-state index contributed by atoms with van der Waals surface area (Å²) in [6.45, 7) is 2.48. The van der Waals surface area contributed by atoms with Crippen LogP contribution >= 0.6 is 0 Å². The minimum Gasteiger partial charge on any atom is -0.454 e. The molecule has 3 aromatic rings. The molecule has 0 spiro atoms. The highest BCUT2D eigenvalue weighted by Gasteiger charge is 2.16. The Bertz CT molecular complexity index is 1060. The Morgan fingerprint density at radius 1 is 0.862 bits per heavy atom. The maximum atomic E-state index is 12.4. The predicted molar refractivity (Wildman–Crippen MR) is 109 cm³/mol. The van der Waals surface area contributed by atoms with E-state index in [0.29, 0.717) is 34.9 Å². The normalized spacial score (nSPS) is 11.8. The number of nitrogens with one attached hydrogen (secondary N) is 2. The number of aryl methyl sites for hydroxylation is 1. The van der Waals surface area contributed by atoms with Gasteiger partial charge in [-0.2, -0.15) is 0 Å². The SMILES string of the molecule is Cc1ccc(C(=O)Nc2cccc(CNC(=O)c3ccc4c(c3)OCO4)c2)cc1. The van der Waals surface area contributed by atoms with Crippen LogP contribution in [0.1, 0.15) is 31.8 Å². The average Bonchev–Trinajstić information content (AvgIpc) is 3.20. The molecule has 0 fully saturated rings. The standard InChI is InChI=1S/C23H20N2O4/c1-15-5-7-17(8-6-15)23(27)25-19-4-2-3-16(11-19)13-24-22(26)18-9-10-20-21(12-18)29-14-28-20/h2-12H,13-14H2,1H3,(H,24,26)(H,25,27). The van der Waals surface area contributed by atoms with E-state index in [9.17, 15) is 9.59 Å². The van der Waals surface area contributed by atoms with Crippen LogP contribution in [0.2, 0.25) is 0 Å². The predicted octanol–water partition coefficient (Wildman–Crippen LogP) is 3.91. The van der Waals surface area contributed by atoms with Crippen molar-refractivity contribution in [1.82, 2.24) is 5.32 Å². The fourth-order valence-electron chi connectivity index (χ4n) is 2.99. The van der Waals surface area contributed by atoms with Crippen molar-refractivity contribution in [3.8, 4) is 11.5 Å². The van der Waals surface area contributed by atoms with Crippen LogP contribution in [0.25, 0.3) is 0 Å². The van der Waals surface area contributed by atoms with Gasteiger partial charge in [-0.15, -0.1) is 0 Å². The van der Waals surface area contributed by atoms with E-state index in [4.69, 9.17) is 9.47 Å². The van der Waals surface area contributed by atoms with E-state index in [2.05, 4.69) is 10.6 Å². The third kappa shape index (κ3) is 4.38. The molecule has 0 radical (unpaired) electrons. The molecule has 3 aromatic carbocycles. The third-order valence-corrected chi connectivity index (χ3v) is 4.59. The fraction of sp³-hybridized carbons (Fsp3) is 0.130. The Hall–Kier alpha value is -3.80. The zero-order chi connectivity index (χ0) is 20.2. The summed E-state index contributed by atoms with van der Waals surface area (Å²) in [7, 11) is 0. The van der Waals surface area contributed by atoms with Gasteiger partial charge in [-0.25, -0.2) is 0 Å². The van der Waals surface area contributed by atoms with Crippen LogP contribution in [0.5, 0.6) is 11.5 Å². The maximum absolute atomic E-state index is 12.4. The molecule has 4 rings (SSSR count). The van der Waals surface area contributed by atoms with Crippen molar-refractivity contribution in [3.05, 3.63) is 89.0 Å². The summed E-state index contributed by atoms with van der Waals surface area (Å²) in [6, 6.07) is 19.8. The van der Waals surface area contributed by atoms with Crippen molar-refractivity contribution < 1.29 is 19.1 Å². The monoisotopic (exact) mass is 388 g/mol. The van der Waals surface area contributed by atoms with Crippen LogP contribution in [-0.2, 0) is 6.54 Å². The second-order valence-corrected chi connectivity index (χ2v) is 6.77. The van der Waals surface area contributed by atoms with Gasteiger partial charge in [0, 0.05) is 23.4 Å². The molecule has 0 unspecified atom stereocenters. The number of hydrogen-bond donors (Lipinski definition) is 2. The molecule has 2 amide bonds. The topological polar surface area (TPSA) is 76.7 Å². The quantitative estimate of drug-likeness (QED) is 0.695. The maximum Gasteiger partial charge on any atom is 0.255 e. The van der Waals surface area contributed by atoms with Gasteiger partial charge in [-0.1, -0.05) is 29.8 Å². The van der Waals surface area contributed by atoms with Crippen LogP contribution in [0, 0.1) is 6.92 Å². The van der Waals surface area contributed by atoms with Crippen molar-refractivity contribution in [2.75, 3.05) is 12.1 Å². The van der Waals surface area contributed by atoms with Crippen LogP contribution in [-0.4, -0.2) is 18.6 Å². The van der Waals surface area contributed by atoms with Gasteiger partial charge in [-0.3, -0.25) is 9.59 Å². The van der Waals surface area contributed by atoms with Crippen LogP contribution < -0.4 is 20.1 Å². The third-order valence-electron chi connectivity index (χ3n) is 4.59. The highest BCUT2D eigenvalue weighted by molar-refractivity contribution is 6.04. The van der Waals surface area contributed by atoms with Gasteiger partial charge in [0.1, 0.15) is 0 Å². The number of carbonyl (C=O) groups excluding carboxylic acids is 2. The second-order valence-electron chi connectivity index (χ2n) is 6.77. The number of rotatable bonds is 5. The molecule has 29 heavy (non-hydrogen) atoms. The van der Waals surface area contributed by atoms with Gasteiger partial charge < -0.3 is 20.1 Å². The molecular formula is C23H20N2O4. The van der Waals surface area contributed by atoms with E-state index in [1.165, 1.54) is 0 Å². The largest absolute Gasteiger partial charge is 0.454 e. The Labute approximate surface area is 168 Å². The lowest BCUT2D eigenvalue weighted by atomic mass is 10.1. The van der Waals surface area contributed by atoms with Gasteiger partial charge in [0.05, 0.1) is 0 Å². The summed E-state index contributed by atoms with van der Waals surface area (Å²) in [5.74, 6) is 0.820. The molecule has 0 saturated carbocycles. The minimum absolute atomic E-state index is 0.168. The van der Waals surface area contributed by atoms with E-state index in [1.54, 1.807) is 30.3 Å². The van der Waals surface area contributed by atoms with Crippen molar-refractivity contribution >= 4 is 17.5 Å². The molecule has 6 nitrogen and oxygen atoms in total. The molecule has 0 bridgehead atoms. The number of ether oxygens (including phenoxy) is 2. The zero-order valence-corrected chi connectivity index (χ0v) is 15.9. The average molecular weight is 388 g/mol. The number of benzene rings is 3. The Kier molecular flexibility index (Phi) is 5.16. The molecule has 2 N–H and O–H groups in total.